The first kappa shape index (κ1) is 16.0. The van der Waals surface area contributed by atoms with Gasteiger partial charge in [-0.1, -0.05) is 12.1 Å². The number of aliphatic hydroxyl groups excluding tert-OH is 1. The molecule has 1 saturated heterocycles. The standard InChI is InChI=1S/C18H25N3O2/c1-14-13-19-17-15(5-3-6-16(17)23-2)18(14)21-8-4-7-20(9-10-21)11-12-22/h3,5-6,13,22H,4,7-12H2,1-2H3. The number of benzene rings is 1. The Morgan fingerprint density at radius 1 is 1.22 bits per heavy atom. The molecule has 2 aromatic rings. The lowest BCUT2D eigenvalue weighted by atomic mass is 10.1. The molecule has 0 bridgehead atoms. The molecular weight excluding hydrogens is 290 g/mol. The maximum absolute atomic E-state index is 9.16. The van der Waals surface area contributed by atoms with Gasteiger partial charge in [-0.05, 0) is 31.5 Å². The van der Waals surface area contributed by atoms with E-state index in [1.165, 1.54) is 11.3 Å². The minimum Gasteiger partial charge on any atom is -0.494 e. The van der Waals surface area contributed by atoms with Crippen molar-refractivity contribution in [3.05, 3.63) is 30.0 Å². The molecule has 1 fully saturated rings. The highest BCUT2D eigenvalue weighted by atomic mass is 16.5. The fourth-order valence-electron chi connectivity index (χ4n) is 3.43. The molecule has 2 heterocycles. The van der Waals surface area contributed by atoms with Gasteiger partial charge >= 0.3 is 0 Å². The van der Waals surface area contributed by atoms with Crippen LogP contribution in [0.5, 0.6) is 5.75 Å². The summed E-state index contributed by atoms with van der Waals surface area (Å²) in [5, 5.41) is 10.3. The number of para-hydroxylation sites is 1. The zero-order valence-electron chi connectivity index (χ0n) is 14.0. The van der Waals surface area contributed by atoms with Crippen LogP contribution in [0.1, 0.15) is 12.0 Å². The van der Waals surface area contributed by atoms with E-state index in [0.29, 0.717) is 0 Å². The summed E-state index contributed by atoms with van der Waals surface area (Å²) < 4.78 is 5.47. The minimum atomic E-state index is 0.231. The third-order valence-corrected chi connectivity index (χ3v) is 4.56. The predicted molar refractivity (Wildman–Crippen MR) is 93.4 cm³/mol. The number of aryl methyl sites for hydroxylation is 1. The number of ether oxygens (including phenoxy) is 1. The average Bonchev–Trinajstić information content (AvgIpc) is 2.80. The molecule has 0 amide bonds. The number of fused-ring (bicyclic) bond motifs is 1. The zero-order valence-corrected chi connectivity index (χ0v) is 14.0. The first-order valence-corrected chi connectivity index (χ1v) is 8.25. The Kier molecular flexibility index (Phi) is 4.98. The van der Waals surface area contributed by atoms with E-state index in [4.69, 9.17) is 9.84 Å². The van der Waals surface area contributed by atoms with Crippen molar-refractivity contribution in [2.75, 3.05) is 51.3 Å². The van der Waals surface area contributed by atoms with E-state index in [9.17, 15) is 0 Å². The average molecular weight is 315 g/mol. The number of nitrogens with zero attached hydrogens (tertiary/aromatic N) is 3. The van der Waals surface area contributed by atoms with Crippen LogP contribution in [0, 0.1) is 6.92 Å². The normalized spacial score (nSPS) is 16.6. The van der Waals surface area contributed by atoms with Crippen LogP contribution in [-0.4, -0.2) is 61.4 Å². The van der Waals surface area contributed by atoms with E-state index >= 15 is 0 Å². The van der Waals surface area contributed by atoms with Gasteiger partial charge in [-0.2, -0.15) is 0 Å². The van der Waals surface area contributed by atoms with E-state index in [1.807, 2.05) is 18.3 Å². The molecule has 0 saturated carbocycles. The molecular formula is C18H25N3O2. The molecule has 0 spiro atoms. The predicted octanol–water partition coefficient (Wildman–Crippen LogP) is 2.06. The second-order valence-corrected chi connectivity index (χ2v) is 6.05. The SMILES string of the molecule is COc1cccc2c(N3CCCN(CCO)CC3)c(C)cnc12. The van der Waals surface area contributed by atoms with Gasteiger partial charge in [0, 0.05) is 37.8 Å². The molecule has 1 aromatic carbocycles. The van der Waals surface area contributed by atoms with Gasteiger partial charge in [-0.3, -0.25) is 9.88 Å². The van der Waals surface area contributed by atoms with E-state index in [-0.39, 0.29) is 6.61 Å². The fourth-order valence-corrected chi connectivity index (χ4v) is 3.43. The van der Waals surface area contributed by atoms with E-state index in [1.54, 1.807) is 7.11 Å². The van der Waals surface area contributed by atoms with Gasteiger partial charge in [0.2, 0.25) is 0 Å². The Hall–Kier alpha value is -1.85. The molecule has 0 atom stereocenters. The van der Waals surface area contributed by atoms with E-state index < -0.39 is 0 Å². The summed E-state index contributed by atoms with van der Waals surface area (Å²) in [6, 6.07) is 6.12. The van der Waals surface area contributed by atoms with E-state index in [2.05, 4.69) is 27.8 Å². The third kappa shape index (κ3) is 3.26. The van der Waals surface area contributed by atoms with Gasteiger partial charge in [0.25, 0.3) is 0 Å². The van der Waals surface area contributed by atoms with Crippen molar-refractivity contribution in [1.82, 2.24) is 9.88 Å². The van der Waals surface area contributed by atoms with Gasteiger partial charge in [-0.15, -0.1) is 0 Å². The summed E-state index contributed by atoms with van der Waals surface area (Å²) in [6.07, 6.45) is 3.05. The Balaban J connectivity index is 1.97. The van der Waals surface area contributed by atoms with Crippen LogP contribution in [0.25, 0.3) is 10.9 Å². The van der Waals surface area contributed by atoms with Crippen LogP contribution in [0.4, 0.5) is 5.69 Å². The highest BCUT2D eigenvalue weighted by Gasteiger charge is 2.19. The van der Waals surface area contributed by atoms with Gasteiger partial charge in [0.15, 0.2) is 0 Å². The van der Waals surface area contributed by atoms with Gasteiger partial charge < -0.3 is 14.7 Å². The Morgan fingerprint density at radius 3 is 2.87 bits per heavy atom. The lowest BCUT2D eigenvalue weighted by Gasteiger charge is -2.26. The summed E-state index contributed by atoms with van der Waals surface area (Å²) >= 11 is 0. The maximum atomic E-state index is 9.16. The second-order valence-electron chi connectivity index (χ2n) is 6.05. The number of aromatic nitrogens is 1. The number of hydrogen-bond acceptors (Lipinski definition) is 5. The summed E-state index contributed by atoms with van der Waals surface area (Å²) in [6.45, 7) is 7.14. The maximum Gasteiger partial charge on any atom is 0.145 e. The highest BCUT2D eigenvalue weighted by molar-refractivity contribution is 5.96. The van der Waals surface area contributed by atoms with Crippen molar-refractivity contribution in [2.45, 2.75) is 13.3 Å². The monoisotopic (exact) mass is 315 g/mol. The van der Waals surface area contributed by atoms with Crippen molar-refractivity contribution in [3.63, 3.8) is 0 Å². The first-order valence-electron chi connectivity index (χ1n) is 8.25. The number of anilines is 1. The molecule has 0 aliphatic carbocycles. The fraction of sp³-hybridized carbons (Fsp3) is 0.500. The van der Waals surface area contributed by atoms with Crippen molar-refractivity contribution in [3.8, 4) is 5.75 Å². The van der Waals surface area contributed by atoms with E-state index in [0.717, 1.165) is 55.8 Å². The molecule has 5 heteroatoms. The Labute approximate surface area is 137 Å². The van der Waals surface area contributed by atoms with Crippen LogP contribution in [0.2, 0.25) is 0 Å². The van der Waals surface area contributed by atoms with Crippen molar-refractivity contribution >= 4 is 16.6 Å². The quantitative estimate of drug-likeness (QED) is 0.936. The molecule has 1 aliphatic rings. The Morgan fingerprint density at radius 2 is 2.09 bits per heavy atom. The summed E-state index contributed by atoms with van der Waals surface area (Å²) in [5.41, 5.74) is 3.38. The molecule has 1 N–H and O–H groups in total. The molecule has 3 rings (SSSR count). The van der Waals surface area contributed by atoms with Crippen LogP contribution in [-0.2, 0) is 0 Å². The number of rotatable bonds is 4. The van der Waals surface area contributed by atoms with Gasteiger partial charge in [0.05, 0.1) is 19.4 Å². The third-order valence-electron chi connectivity index (χ3n) is 4.56. The van der Waals surface area contributed by atoms with Gasteiger partial charge in [-0.25, -0.2) is 0 Å². The Bertz CT molecular complexity index is 675. The van der Waals surface area contributed by atoms with Crippen molar-refractivity contribution in [2.24, 2.45) is 0 Å². The topological polar surface area (TPSA) is 48.8 Å². The molecule has 1 aliphatic heterocycles. The lowest BCUT2D eigenvalue weighted by molar-refractivity contribution is 0.204. The van der Waals surface area contributed by atoms with Crippen LogP contribution >= 0.6 is 0 Å². The number of aliphatic hydroxyl groups is 1. The molecule has 1 aromatic heterocycles. The summed E-state index contributed by atoms with van der Waals surface area (Å²) in [7, 11) is 1.69. The molecule has 0 unspecified atom stereocenters. The number of pyridine rings is 1. The lowest BCUT2D eigenvalue weighted by Crippen LogP contribution is -2.32. The van der Waals surface area contributed by atoms with Crippen LogP contribution in [0.15, 0.2) is 24.4 Å². The van der Waals surface area contributed by atoms with Crippen molar-refractivity contribution < 1.29 is 9.84 Å². The highest BCUT2D eigenvalue weighted by Crippen LogP contribution is 2.34. The molecule has 0 radical (unpaired) electrons. The van der Waals surface area contributed by atoms with Crippen LogP contribution in [0.3, 0.4) is 0 Å². The molecule has 23 heavy (non-hydrogen) atoms. The second kappa shape index (κ2) is 7.15. The van der Waals surface area contributed by atoms with Crippen molar-refractivity contribution in [1.29, 1.82) is 0 Å². The molecule has 5 nitrogen and oxygen atoms in total. The minimum absolute atomic E-state index is 0.231. The zero-order chi connectivity index (χ0) is 16.2. The smallest absolute Gasteiger partial charge is 0.145 e. The first-order chi connectivity index (χ1) is 11.2. The van der Waals surface area contributed by atoms with Crippen LogP contribution < -0.4 is 9.64 Å². The summed E-state index contributed by atoms with van der Waals surface area (Å²) in [4.78, 5) is 9.37. The van der Waals surface area contributed by atoms with Gasteiger partial charge in [0.1, 0.15) is 11.3 Å². The number of methoxy groups -OCH3 is 1. The molecule has 124 valence electrons. The largest absolute Gasteiger partial charge is 0.494 e. The summed E-state index contributed by atoms with van der Waals surface area (Å²) in [5.74, 6) is 0.820. The number of β-amino-alcohol motifs (C(OH)–C–C–N with tert-alkyl or cyclic N) is 1. The number of hydrogen-bond donors (Lipinski definition) is 1.